The molecule has 0 N–H and O–H groups in total. The molecule has 3 aromatic rings. The number of piperidine rings is 1. The highest BCUT2D eigenvalue weighted by atomic mass is 32.1. The minimum atomic E-state index is -0.628. The van der Waals surface area contributed by atoms with Gasteiger partial charge in [-0.3, -0.25) is 0 Å². The van der Waals surface area contributed by atoms with Gasteiger partial charge in [0.25, 0.3) is 0 Å². The average Bonchev–Trinajstić information content (AvgIpc) is 3.04. The van der Waals surface area contributed by atoms with Crippen LogP contribution in [0.15, 0.2) is 48.5 Å². The first-order chi connectivity index (χ1) is 11.8. The SMILES string of the molecule is FC1CCN(c2ccc(C=Cc3nc4ccccc4s3)cc2)CC1. The number of fused-ring (bicyclic) bond motifs is 1. The summed E-state index contributed by atoms with van der Waals surface area (Å²) in [5.41, 5.74) is 3.38. The lowest BCUT2D eigenvalue weighted by Crippen LogP contribution is -2.34. The van der Waals surface area contributed by atoms with E-state index in [9.17, 15) is 4.39 Å². The smallest absolute Gasteiger partial charge is 0.117 e. The highest BCUT2D eigenvalue weighted by Gasteiger charge is 2.18. The fourth-order valence-electron chi connectivity index (χ4n) is 3.03. The molecule has 0 bridgehead atoms. The molecule has 24 heavy (non-hydrogen) atoms. The molecule has 0 spiro atoms. The largest absolute Gasteiger partial charge is 0.371 e. The van der Waals surface area contributed by atoms with Crippen LogP contribution in [0.3, 0.4) is 0 Å². The molecule has 0 radical (unpaired) electrons. The minimum Gasteiger partial charge on any atom is -0.371 e. The van der Waals surface area contributed by atoms with Crippen molar-refractivity contribution in [3.63, 3.8) is 0 Å². The van der Waals surface area contributed by atoms with Gasteiger partial charge >= 0.3 is 0 Å². The number of benzene rings is 2. The summed E-state index contributed by atoms with van der Waals surface area (Å²) < 4.78 is 14.4. The molecule has 0 amide bonds. The molecule has 1 aliphatic rings. The maximum atomic E-state index is 13.2. The Hall–Kier alpha value is -2.20. The van der Waals surface area contributed by atoms with E-state index in [0.717, 1.165) is 29.2 Å². The predicted octanol–water partition coefficient (Wildman–Crippen LogP) is 5.41. The van der Waals surface area contributed by atoms with Gasteiger partial charge in [0.05, 0.1) is 10.2 Å². The number of rotatable bonds is 3. The van der Waals surface area contributed by atoms with Gasteiger partial charge in [0.2, 0.25) is 0 Å². The first-order valence-corrected chi connectivity index (χ1v) is 9.12. The number of hydrogen-bond acceptors (Lipinski definition) is 3. The van der Waals surface area contributed by atoms with Crippen molar-refractivity contribution in [1.29, 1.82) is 0 Å². The van der Waals surface area contributed by atoms with Gasteiger partial charge in [0.1, 0.15) is 11.2 Å². The molecule has 1 aromatic heterocycles. The van der Waals surface area contributed by atoms with Crippen molar-refractivity contribution in [1.82, 2.24) is 4.98 Å². The van der Waals surface area contributed by atoms with Gasteiger partial charge in [0.15, 0.2) is 0 Å². The Morgan fingerprint density at radius 2 is 1.75 bits per heavy atom. The Morgan fingerprint density at radius 1 is 1.00 bits per heavy atom. The number of nitrogens with zero attached hydrogens (tertiary/aromatic N) is 2. The molecule has 2 aromatic carbocycles. The Bertz CT molecular complexity index is 812. The van der Waals surface area contributed by atoms with Crippen molar-refractivity contribution in [3.8, 4) is 0 Å². The van der Waals surface area contributed by atoms with E-state index < -0.39 is 6.17 Å². The second-order valence-corrected chi connectivity index (χ2v) is 7.17. The molecule has 0 aliphatic carbocycles. The quantitative estimate of drug-likeness (QED) is 0.635. The molecule has 122 valence electrons. The number of anilines is 1. The van der Waals surface area contributed by atoms with Crippen LogP contribution in [0.5, 0.6) is 0 Å². The molecule has 1 fully saturated rings. The zero-order valence-electron chi connectivity index (χ0n) is 13.4. The van der Waals surface area contributed by atoms with Crippen LogP contribution in [0.4, 0.5) is 10.1 Å². The molecule has 4 rings (SSSR count). The molecule has 0 atom stereocenters. The highest BCUT2D eigenvalue weighted by Crippen LogP contribution is 2.24. The molecule has 0 unspecified atom stereocenters. The fraction of sp³-hybridized carbons (Fsp3) is 0.250. The number of halogens is 1. The predicted molar refractivity (Wildman–Crippen MR) is 101 cm³/mol. The van der Waals surface area contributed by atoms with Crippen LogP contribution in [0, 0.1) is 0 Å². The standard InChI is InChI=1S/C20H19FN2S/c21-16-11-13-23(14-12-16)17-8-5-15(6-9-17)7-10-20-22-18-3-1-2-4-19(18)24-20/h1-10,16H,11-14H2. The van der Waals surface area contributed by atoms with Gasteiger partial charge in [-0.25, -0.2) is 9.37 Å². The zero-order valence-corrected chi connectivity index (χ0v) is 14.2. The lowest BCUT2D eigenvalue weighted by atomic mass is 10.1. The molecule has 0 saturated carbocycles. The second kappa shape index (κ2) is 6.73. The number of thiazole rings is 1. The molecule has 1 saturated heterocycles. The second-order valence-electron chi connectivity index (χ2n) is 6.11. The number of alkyl halides is 1. The van der Waals surface area contributed by atoms with E-state index in [2.05, 4.69) is 52.4 Å². The van der Waals surface area contributed by atoms with Gasteiger partial charge in [0, 0.05) is 18.8 Å². The van der Waals surface area contributed by atoms with Crippen molar-refractivity contribution in [2.45, 2.75) is 19.0 Å². The fourth-order valence-corrected chi connectivity index (χ4v) is 3.90. The van der Waals surface area contributed by atoms with Gasteiger partial charge in [-0.05, 0) is 48.7 Å². The van der Waals surface area contributed by atoms with Crippen molar-refractivity contribution in [2.75, 3.05) is 18.0 Å². The van der Waals surface area contributed by atoms with Crippen LogP contribution in [-0.4, -0.2) is 24.2 Å². The van der Waals surface area contributed by atoms with E-state index in [0.29, 0.717) is 12.8 Å². The van der Waals surface area contributed by atoms with E-state index in [1.165, 1.54) is 10.4 Å². The van der Waals surface area contributed by atoms with Gasteiger partial charge in [-0.15, -0.1) is 11.3 Å². The maximum Gasteiger partial charge on any atom is 0.117 e. The lowest BCUT2D eigenvalue weighted by Gasteiger charge is -2.30. The summed E-state index contributed by atoms with van der Waals surface area (Å²) in [7, 11) is 0. The zero-order chi connectivity index (χ0) is 16.4. The third-order valence-corrected chi connectivity index (χ3v) is 5.41. The summed E-state index contributed by atoms with van der Waals surface area (Å²) in [6.45, 7) is 1.62. The lowest BCUT2D eigenvalue weighted by molar-refractivity contribution is 0.277. The van der Waals surface area contributed by atoms with Crippen LogP contribution in [0.2, 0.25) is 0 Å². The summed E-state index contributed by atoms with van der Waals surface area (Å²) in [6, 6.07) is 16.7. The summed E-state index contributed by atoms with van der Waals surface area (Å²) in [5.74, 6) is 0. The normalized spacial score (nSPS) is 16.3. The Labute approximate surface area is 145 Å². The van der Waals surface area contributed by atoms with Crippen LogP contribution in [0.25, 0.3) is 22.4 Å². The van der Waals surface area contributed by atoms with E-state index in [1.807, 2.05) is 18.2 Å². The minimum absolute atomic E-state index is 0.628. The monoisotopic (exact) mass is 338 g/mol. The van der Waals surface area contributed by atoms with Crippen LogP contribution < -0.4 is 4.90 Å². The van der Waals surface area contributed by atoms with Crippen LogP contribution in [-0.2, 0) is 0 Å². The number of aromatic nitrogens is 1. The summed E-state index contributed by atoms with van der Waals surface area (Å²) in [4.78, 5) is 6.87. The Morgan fingerprint density at radius 3 is 2.50 bits per heavy atom. The number of hydrogen-bond donors (Lipinski definition) is 0. The van der Waals surface area contributed by atoms with E-state index >= 15 is 0 Å². The van der Waals surface area contributed by atoms with Gasteiger partial charge in [-0.2, -0.15) is 0 Å². The van der Waals surface area contributed by atoms with Crippen molar-refractivity contribution < 1.29 is 4.39 Å². The molecule has 2 heterocycles. The van der Waals surface area contributed by atoms with Crippen molar-refractivity contribution in [3.05, 3.63) is 59.1 Å². The van der Waals surface area contributed by atoms with Gasteiger partial charge in [-0.1, -0.05) is 30.3 Å². The van der Waals surface area contributed by atoms with E-state index in [-0.39, 0.29) is 0 Å². The van der Waals surface area contributed by atoms with E-state index in [4.69, 9.17) is 0 Å². The third-order valence-electron chi connectivity index (χ3n) is 4.41. The van der Waals surface area contributed by atoms with Crippen LogP contribution >= 0.6 is 11.3 Å². The van der Waals surface area contributed by atoms with Gasteiger partial charge < -0.3 is 4.90 Å². The average molecular weight is 338 g/mol. The summed E-state index contributed by atoms with van der Waals surface area (Å²) in [6.07, 6.45) is 4.81. The maximum absolute atomic E-state index is 13.2. The molecule has 4 heteroatoms. The molecular weight excluding hydrogens is 319 g/mol. The summed E-state index contributed by atoms with van der Waals surface area (Å²) in [5, 5.41) is 1.02. The first kappa shape index (κ1) is 15.3. The summed E-state index contributed by atoms with van der Waals surface area (Å²) >= 11 is 1.70. The number of para-hydroxylation sites is 1. The highest BCUT2D eigenvalue weighted by molar-refractivity contribution is 7.19. The van der Waals surface area contributed by atoms with Crippen molar-refractivity contribution in [2.24, 2.45) is 0 Å². The molecule has 2 nitrogen and oxygen atoms in total. The van der Waals surface area contributed by atoms with E-state index in [1.54, 1.807) is 11.3 Å². The first-order valence-electron chi connectivity index (χ1n) is 8.31. The molecule has 1 aliphatic heterocycles. The third kappa shape index (κ3) is 3.34. The Kier molecular flexibility index (Phi) is 4.30. The van der Waals surface area contributed by atoms with Crippen LogP contribution in [0.1, 0.15) is 23.4 Å². The van der Waals surface area contributed by atoms with Crippen molar-refractivity contribution >= 4 is 39.4 Å². The Balaban J connectivity index is 1.46. The topological polar surface area (TPSA) is 16.1 Å². The molecular formula is C20H19FN2S.